The molecule has 0 bridgehead atoms. The highest BCUT2D eigenvalue weighted by atomic mass is 16.5. The first-order valence-electron chi connectivity index (χ1n) is 15.4. The van der Waals surface area contributed by atoms with Crippen molar-refractivity contribution in [2.24, 2.45) is 5.41 Å². The van der Waals surface area contributed by atoms with Gasteiger partial charge in [-0.25, -0.2) is 9.69 Å². The molecule has 0 N–H and O–H groups in total. The van der Waals surface area contributed by atoms with Gasteiger partial charge in [0.1, 0.15) is 11.2 Å². The molecule has 218 valence electrons. The van der Waals surface area contributed by atoms with Crippen molar-refractivity contribution in [1.82, 2.24) is 4.90 Å². The molecule has 0 aliphatic carbocycles. The number of ether oxygens (including phenoxy) is 1. The lowest BCUT2D eigenvalue weighted by Crippen LogP contribution is -2.65. The van der Waals surface area contributed by atoms with E-state index in [2.05, 4.69) is 13.8 Å². The Hall–Kier alpha value is -3.15. The Bertz CT molecular complexity index is 1050. The fraction of sp³-hybridized carbons (Fsp3) is 0.559. The van der Waals surface area contributed by atoms with Crippen molar-refractivity contribution in [3.63, 3.8) is 0 Å². The topological polar surface area (TPSA) is 66.9 Å². The number of para-hydroxylation sites is 1. The second kappa shape index (κ2) is 16.2. The van der Waals surface area contributed by atoms with Gasteiger partial charge < -0.3 is 4.74 Å². The summed E-state index contributed by atoms with van der Waals surface area (Å²) < 4.78 is 5.28. The van der Waals surface area contributed by atoms with Crippen LogP contribution in [0, 0.1) is 5.41 Å². The number of carbonyl (C=O) groups is 3. The van der Waals surface area contributed by atoms with Crippen molar-refractivity contribution in [3.8, 4) is 5.75 Å². The summed E-state index contributed by atoms with van der Waals surface area (Å²) in [7, 11) is 1.61. The molecule has 0 aromatic heterocycles. The summed E-state index contributed by atoms with van der Waals surface area (Å²) >= 11 is 0. The van der Waals surface area contributed by atoms with Gasteiger partial charge in [0.25, 0.3) is 5.91 Å². The van der Waals surface area contributed by atoms with Gasteiger partial charge in [-0.05, 0) is 42.7 Å². The fourth-order valence-corrected chi connectivity index (χ4v) is 5.68. The normalized spacial score (nSPS) is 15.1. The van der Waals surface area contributed by atoms with Gasteiger partial charge in [0.15, 0.2) is 0 Å². The number of nitrogens with zero attached hydrogens (tertiary/aromatic N) is 2. The number of barbiturate groups is 1. The van der Waals surface area contributed by atoms with Gasteiger partial charge in [0.2, 0.25) is 5.91 Å². The zero-order chi connectivity index (χ0) is 28.8. The molecule has 0 radical (unpaired) electrons. The number of rotatable bonds is 18. The van der Waals surface area contributed by atoms with E-state index in [0.717, 1.165) is 44.1 Å². The largest absolute Gasteiger partial charge is 0.497 e. The van der Waals surface area contributed by atoms with Gasteiger partial charge in [-0.15, -0.1) is 0 Å². The maximum absolute atomic E-state index is 14.3. The molecule has 1 heterocycles. The first kappa shape index (κ1) is 31.4. The molecule has 2 aromatic carbocycles. The number of hydrogen-bond donors (Lipinski definition) is 0. The van der Waals surface area contributed by atoms with E-state index in [4.69, 9.17) is 4.74 Å². The molecule has 4 amide bonds. The summed E-state index contributed by atoms with van der Waals surface area (Å²) in [5.41, 5.74) is 0.101. The molecule has 1 saturated heterocycles. The third-order valence-corrected chi connectivity index (χ3v) is 8.12. The van der Waals surface area contributed by atoms with Crippen molar-refractivity contribution < 1.29 is 19.1 Å². The molecule has 0 atom stereocenters. The minimum atomic E-state index is -1.23. The number of amides is 4. The quantitative estimate of drug-likeness (QED) is 0.138. The number of benzene rings is 2. The van der Waals surface area contributed by atoms with E-state index in [1.165, 1.54) is 48.3 Å². The van der Waals surface area contributed by atoms with E-state index in [1.807, 2.05) is 42.5 Å². The van der Waals surface area contributed by atoms with Crippen LogP contribution in [0.3, 0.4) is 0 Å². The van der Waals surface area contributed by atoms with Gasteiger partial charge in [-0.3, -0.25) is 14.5 Å². The maximum Gasteiger partial charge on any atom is 0.338 e. The van der Waals surface area contributed by atoms with Crippen LogP contribution in [-0.2, 0) is 16.1 Å². The zero-order valence-electron chi connectivity index (χ0n) is 24.8. The third kappa shape index (κ3) is 7.96. The predicted molar refractivity (Wildman–Crippen MR) is 161 cm³/mol. The number of unbranched alkanes of at least 4 members (excludes halogenated alkanes) is 10. The van der Waals surface area contributed by atoms with Crippen LogP contribution in [0.25, 0.3) is 0 Å². The van der Waals surface area contributed by atoms with Gasteiger partial charge >= 0.3 is 6.03 Å². The average Bonchev–Trinajstić information content (AvgIpc) is 2.98. The smallest absolute Gasteiger partial charge is 0.338 e. The second-order valence-electron chi connectivity index (χ2n) is 11.1. The van der Waals surface area contributed by atoms with E-state index in [9.17, 15) is 14.4 Å². The van der Waals surface area contributed by atoms with Crippen LogP contribution in [0.2, 0.25) is 0 Å². The first-order valence-corrected chi connectivity index (χ1v) is 15.4. The van der Waals surface area contributed by atoms with Gasteiger partial charge in [-0.2, -0.15) is 0 Å². The van der Waals surface area contributed by atoms with Crippen molar-refractivity contribution in [2.45, 2.75) is 110 Å². The van der Waals surface area contributed by atoms with Crippen LogP contribution < -0.4 is 9.64 Å². The highest BCUT2D eigenvalue weighted by Gasteiger charge is 2.56. The van der Waals surface area contributed by atoms with Gasteiger partial charge in [0, 0.05) is 0 Å². The zero-order valence-corrected chi connectivity index (χ0v) is 24.8. The molecule has 1 aliphatic heterocycles. The molecule has 1 aliphatic rings. The molecule has 0 saturated carbocycles. The molecule has 1 fully saturated rings. The van der Waals surface area contributed by atoms with Crippen molar-refractivity contribution in [1.29, 1.82) is 0 Å². The van der Waals surface area contributed by atoms with E-state index in [-0.39, 0.29) is 18.4 Å². The Kier molecular flexibility index (Phi) is 12.7. The van der Waals surface area contributed by atoms with Crippen molar-refractivity contribution >= 4 is 23.5 Å². The summed E-state index contributed by atoms with van der Waals surface area (Å²) in [6.45, 7) is 4.51. The minimum Gasteiger partial charge on any atom is -0.497 e. The second-order valence-corrected chi connectivity index (χ2v) is 11.1. The lowest BCUT2D eigenvalue weighted by atomic mass is 9.73. The summed E-state index contributed by atoms with van der Waals surface area (Å²) in [4.78, 5) is 45.1. The number of anilines is 1. The number of methoxy groups -OCH3 is 1. The maximum atomic E-state index is 14.3. The standard InChI is InChI=1S/C34H48N2O4/c1-4-6-8-10-12-17-25-34(26-18-13-11-9-7-5-2)31(37)35(27-28-21-23-30(40-3)24-22-28)33(39)36(32(34)38)29-19-15-14-16-20-29/h14-16,19-24H,4-13,17-18,25-27H2,1-3H3. The van der Waals surface area contributed by atoms with Crippen molar-refractivity contribution in [2.75, 3.05) is 12.0 Å². The Morgan fingerprint density at radius 3 is 1.70 bits per heavy atom. The molecule has 0 spiro atoms. The van der Waals surface area contributed by atoms with E-state index in [0.29, 0.717) is 24.3 Å². The number of urea groups is 1. The lowest BCUT2D eigenvalue weighted by molar-refractivity contribution is -0.151. The number of hydrogen-bond acceptors (Lipinski definition) is 4. The Morgan fingerprint density at radius 1 is 0.650 bits per heavy atom. The molecular formula is C34H48N2O4. The molecule has 6 heteroatoms. The minimum absolute atomic E-state index is 0.118. The van der Waals surface area contributed by atoms with Crippen LogP contribution >= 0.6 is 0 Å². The third-order valence-electron chi connectivity index (χ3n) is 8.12. The SMILES string of the molecule is CCCCCCCCC1(CCCCCCCC)C(=O)N(Cc2ccc(OC)cc2)C(=O)N(c2ccccc2)C1=O. The van der Waals surface area contributed by atoms with Crippen LogP contribution in [0.1, 0.15) is 109 Å². The van der Waals surface area contributed by atoms with Crippen LogP contribution in [0.15, 0.2) is 54.6 Å². The molecule has 2 aromatic rings. The van der Waals surface area contributed by atoms with E-state index in [1.54, 1.807) is 19.2 Å². The number of imide groups is 2. The summed E-state index contributed by atoms with van der Waals surface area (Å²) in [5.74, 6) is 0.0102. The van der Waals surface area contributed by atoms with E-state index < -0.39 is 11.4 Å². The molecule has 6 nitrogen and oxygen atoms in total. The first-order chi connectivity index (χ1) is 19.5. The fourth-order valence-electron chi connectivity index (χ4n) is 5.68. The predicted octanol–water partition coefficient (Wildman–Crippen LogP) is 8.68. The van der Waals surface area contributed by atoms with Crippen LogP contribution in [0.4, 0.5) is 10.5 Å². The Balaban J connectivity index is 1.93. The average molecular weight is 549 g/mol. The monoisotopic (exact) mass is 548 g/mol. The highest BCUT2D eigenvalue weighted by molar-refractivity contribution is 6.29. The van der Waals surface area contributed by atoms with Crippen LogP contribution in [0.5, 0.6) is 5.75 Å². The summed E-state index contributed by atoms with van der Waals surface area (Å²) in [5, 5.41) is 0. The van der Waals surface area contributed by atoms with Gasteiger partial charge in [0.05, 0.1) is 19.3 Å². The lowest BCUT2D eigenvalue weighted by Gasteiger charge is -2.44. The van der Waals surface area contributed by atoms with E-state index >= 15 is 0 Å². The summed E-state index contributed by atoms with van der Waals surface area (Å²) in [6, 6.07) is 15.9. The highest BCUT2D eigenvalue weighted by Crippen LogP contribution is 2.42. The molecular weight excluding hydrogens is 500 g/mol. The Morgan fingerprint density at radius 2 is 1.18 bits per heavy atom. The molecule has 40 heavy (non-hydrogen) atoms. The van der Waals surface area contributed by atoms with Crippen LogP contribution in [-0.4, -0.2) is 29.9 Å². The van der Waals surface area contributed by atoms with Crippen molar-refractivity contribution in [3.05, 3.63) is 60.2 Å². The summed E-state index contributed by atoms with van der Waals surface area (Å²) in [6.07, 6.45) is 13.8. The van der Waals surface area contributed by atoms with Gasteiger partial charge in [-0.1, -0.05) is 121 Å². The molecule has 3 rings (SSSR count). The number of carbonyl (C=O) groups excluding carboxylic acids is 3. The Labute approximate surface area is 241 Å². The molecule has 0 unspecified atom stereocenters.